The number of amides is 1. The molecule has 1 saturated heterocycles. The highest BCUT2D eigenvalue weighted by Crippen LogP contribution is 2.41. The zero-order valence-corrected chi connectivity index (χ0v) is 16.9. The van der Waals surface area contributed by atoms with Crippen LogP contribution in [0.2, 0.25) is 0 Å². The Morgan fingerprint density at radius 3 is 2.24 bits per heavy atom. The van der Waals surface area contributed by atoms with Crippen molar-refractivity contribution >= 4 is 17.9 Å². The molecule has 2 aromatic rings. The summed E-state index contributed by atoms with van der Waals surface area (Å²) in [7, 11) is 0. The van der Waals surface area contributed by atoms with Gasteiger partial charge in [-0.25, -0.2) is 4.99 Å². The molecule has 29 heavy (non-hydrogen) atoms. The molecule has 1 amide bonds. The Kier molecular flexibility index (Phi) is 4.96. The van der Waals surface area contributed by atoms with Crippen LogP contribution in [-0.4, -0.2) is 41.8 Å². The Bertz CT molecular complexity index is 871. The van der Waals surface area contributed by atoms with Gasteiger partial charge in [0, 0.05) is 24.8 Å². The summed E-state index contributed by atoms with van der Waals surface area (Å²) < 4.78 is 0. The molecule has 2 fully saturated rings. The molecular weight excluding hydrogens is 358 g/mol. The largest absolute Gasteiger partial charge is 0.317 e. The summed E-state index contributed by atoms with van der Waals surface area (Å²) in [5.74, 6) is 0.643. The van der Waals surface area contributed by atoms with Crippen molar-refractivity contribution < 1.29 is 4.79 Å². The lowest BCUT2D eigenvalue weighted by Crippen LogP contribution is -2.58. The highest BCUT2D eigenvalue weighted by Gasteiger charge is 2.50. The second kappa shape index (κ2) is 7.75. The summed E-state index contributed by atoms with van der Waals surface area (Å²) in [6.07, 6.45) is 8.61. The van der Waals surface area contributed by atoms with E-state index < -0.39 is 5.54 Å². The molecular formula is C25H29N3O. The molecule has 2 heterocycles. The molecule has 150 valence electrons. The monoisotopic (exact) mass is 387 g/mol. The van der Waals surface area contributed by atoms with E-state index in [1.54, 1.807) is 6.34 Å². The zero-order chi connectivity index (χ0) is 19.7. The fraction of sp³-hybridized carbons (Fsp3) is 0.440. The number of carbonyl (C=O) groups is 1. The SMILES string of the molecule is O=C1N=CN(c2ccccc2)C12CCN(C1CCCCC1c1ccccc1)CC2. The minimum atomic E-state index is -0.491. The third-order valence-electron chi connectivity index (χ3n) is 7.24. The number of piperidine rings is 1. The van der Waals surface area contributed by atoms with Crippen molar-refractivity contribution in [1.29, 1.82) is 0 Å². The third-order valence-corrected chi connectivity index (χ3v) is 7.24. The standard InChI is InChI=1S/C25H29N3O/c29-24-25(28(19-26-24)21-11-5-2-6-12-21)15-17-27(18-16-25)23-14-8-7-13-22(23)20-9-3-1-4-10-20/h1-6,9-12,19,22-23H,7-8,13-18H2. The summed E-state index contributed by atoms with van der Waals surface area (Å²) in [6, 6.07) is 21.8. The van der Waals surface area contributed by atoms with Crippen LogP contribution >= 0.6 is 0 Å². The molecule has 1 spiro atoms. The number of hydrogen-bond acceptors (Lipinski definition) is 3. The Labute approximate surface area is 173 Å². The van der Waals surface area contributed by atoms with Gasteiger partial charge in [0.2, 0.25) is 0 Å². The van der Waals surface area contributed by atoms with Gasteiger partial charge in [-0.05, 0) is 49.3 Å². The molecule has 0 N–H and O–H groups in total. The predicted molar refractivity (Wildman–Crippen MR) is 117 cm³/mol. The number of benzene rings is 2. The van der Waals surface area contributed by atoms with Crippen LogP contribution in [0.4, 0.5) is 5.69 Å². The second-order valence-electron chi connectivity index (χ2n) is 8.69. The van der Waals surface area contributed by atoms with Gasteiger partial charge in [-0.2, -0.15) is 0 Å². The number of aliphatic imine (C=N–C) groups is 1. The van der Waals surface area contributed by atoms with Gasteiger partial charge in [0.15, 0.2) is 0 Å². The Hall–Kier alpha value is -2.46. The van der Waals surface area contributed by atoms with Crippen LogP contribution < -0.4 is 4.90 Å². The van der Waals surface area contributed by atoms with Gasteiger partial charge in [0.1, 0.15) is 5.54 Å². The first-order valence-corrected chi connectivity index (χ1v) is 11.0. The van der Waals surface area contributed by atoms with E-state index in [1.807, 2.05) is 18.2 Å². The first kappa shape index (κ1) is 18.6. The summed E-state index contributed by atoms with van der Waals surface area (Å²) in [6.45, 7) is 1.93. The lowest BCUT2D eigenvalue weighted by atomic mass is 9.77. The molecule has 2 atom stereocenters. The topological polar surface area (TPSA) is 35.9 Å². The molecule has 0 bridgehead atoms. The molecule has 2 unspecified atom stereocenters. The van der Waals surface area contributed by atoms with Crippen LogP contribution in [0.1, 0.15) is 50.0 Å². The fourth-order valence-corrected chi connectivity index (χ4v) is 5.66. The van der Waals surface area contributed by atoms with Crippen LogP contribution in [0, 0.1) is 0 Å². The van der Waals surface area contributed by atoms with Gasteiger partial charge in [0.25, 0.3) is 5.91 Å². The van der Waals surface area contributed by atoms with Gasteiger partial charge < -0.3 is 4.90 Å². The highest BCUT2D eigenvalue weighted by molar-refractivity contribution is 6.08. The van der Waals surface area contributed by atoms with Crippen LogP contribution in [0.15, 0.2) is 65.7 Å². The van der Waals surface area contributed by atoms with Gasteiger partial charge in [-0.1, -0.05) is 61.4 Å². The maximum atomic E-state index is 12.8. The lowest BCUT2D eigenvalue weighted by molar-refractivity contribution is -0.123. The number of rotatable bonds is 3. The Morgan fingerprint density at radius 2 is 1.52 bits per heavy atom. The van der Waals surface area contributed by atoms with E-state index in [2.05, 4.69) is 57.3 Å². The quantitative estimate of drug-likeness (QED) is 0.771. The predicted octanol–water partition coefficient (Wildman–Crippen LogP) is 4.62. The van der Waals surface area contributed by atoms with Crippen molar-refractivity contribution in [3.05, 3.63) is 66.2 Å². The highest BCUT2D eigenvalue weighted by atomic mass is 16.2. The fourth-order valence-electron chi connectivity index (χ4n) is 5.66. The van der Waals surface area contributed by atoms with E-state index in [-0.39, 0.29) is 5.91 Å². The molecule has 2 aliphatic heterocycles. The van der Waals surface area contributed by atoms with Gasteiger partial charge in [-0.15, -0.1) is 0 Å². The van der Waals surface area contributed by atoms with Crippen molar-refractivity contribution in [2.45, 2.75) is 56.0 Å². The Morgan fingerprint density at radius 1 is 0.862 bits per heavy atom. The van der Waals surface area contributed by atoms with Crippen molar-refractivity contribution in [2.75, 3.05) is 18.0 Å². The van der Waals surface area contributed by atoms with Crippen molar-refractivity contribution in [3.63, 3.8) is 0 Å². The van der Waals surface area contributed by atoms with Crippen LogP contribution in [0.5, 0.6) is 0 Å². The van der Waals surface area contributed by atoms with Crippen LogP contribution in [-0.2, 0) is 4.79 Å². The maximum absolute atomic E-state index is 12.8. The number of carbonyl (C=O) groups excluding carboxylic acids is 1. The molecule has 0 radical (unpaired) electrons. The van der Waals surface area contributed by atoms with Crippen molar-refractivity contribution in [2.24, 2.45) is 4.99 Å². The van der Waals surface area contributed by atoms with Crippen molar-refractivity contribution in [1.82, 2.24) is 4.90 Å². The molecule has 1 saturated carbocycles. The normalized spacial score (nSPS) is 26.9. The van der Waals surface area contributed by atoms with Gasteiger partial charge >= 0.3 is 0 Å². The van der Waals surface area contributed by atoms with Gasteiger partial charge in [0.05, 0.1) is 6.34 Å². The summed E-state index contributed by atoms with van der Waals surface area (Å²) in [5, 5.41) is 0. The van der Waals surface area contributed by atoms with Gasteiger partial charge in [-0.3, -0.25) is 9.69 Å². The number of likely N-dealkylation sites (tertiary alicyclic amines) is 1. The van der Waals surface area contributed by atoms with E-state index in [0.717, 1.165) is 31.6 Å². The summed E-state index contributed by atoms with van der Waals surface area (Å²) in [4.78, 5) is 21.9. The molecule has 5 rings (SSSR count). The first-order chi connectivity index (χ1) is 14.3. The summed E-state index contributed by atoms with van der Waals surface area (Å²) >= 11 is 0. The second-order valence-corrected chi connectivity index (χ2v) is 8.69. The molecule has 2 aromatic carbocycles. The van der Waals surface area contributed by atoms with E-state index in [1.165, 1.54) is 31.2 Å². The maximum Gasteiger partial charge on any atom is 0.273 e. The van der Waals surface area contributed by atoms with E-state index in [4.69, 9.17) is 0 Å². The average Bonchev–Trinajstić information content (AvgIpc) is 3.11. The molecule has 0 aromatic heterocycles. The van der Waals surface area contributed by atoms with E-state index >= 15 is 0 Å². The van der Waals surface area contributed by atoms with E-state index in [0.29, 0.717) is 12.0 Å². The molecule has 3 aliphatic rings. The number of nitrogens with zero attached hydrogens (tertiary/aromatic N) is 3. The Balaban J connectivity index is 1.34. The van der Waals surface area contributed by atoms with E-state index in [9.17, 15) is 4.79 Å². The smallest absolute Gasteiger partial charge is 0.273 e. The number of anilines is 1. The average molecular weight is 388 g/mol. The van der Waals surface area contributed by atoms with Crippen LogP contribution in [0.25, 0.3) is 0 Å². The summed E-state index contributed by atoms with van der Waals surface area (Å²) in [5.41, 5.74) is 2.05. The molecule has 4 nitrogen and oxygen atoms in total. The first-order valence-electron chi connectivity index (χ1n) is 11.0. The minimum Gasteiger partial charge on any atom is -0.317 e. The molecule has 4 heteroatoms. The lowest BCUT2D eigenvalue weighted by Gasteiger charge is -2.48. The zero-order valence-electron chi connectivity index (χ0n) is 16.9. The molecule has 1 aliphatic carbocycles. The van der Waals surface area contributed by atoms with Crippen molar-refractivity contribution in [3.8, 4) is 0 Å². The minimum absolute atomic E-state index is 0.0317. The van der Waals surface area contributed by atoms with Crippen LogP contribution in [0.3, 0.4) is 0 Å². The number of hydrogen-bond donors (Lipinski definition) is 0. The number of para-hydroxylation sites is 1. The third kappa shape index (κ3) is 3.29.